The number of thioether (sulfide) groups is 1. The maximum atomic E-state index is 11.6. The van der Waals surface area contributed by atoms with E-state index in [4.69, 9.17) is 0 Å². The Balaban J connectivity index is 1.76. The Hall–Kier alpha value is -1.85. The Kier molecular flexibility index (Phi) is 4.98. The van der Waals surface area contributed by atoms with Gasteiger partial charge in [0.15, 0.2) is 0 Å². The highest BCUT2D eigenvalue weighted by Crippen LogP contribution is 2.33. The van der Waals surface area contributed by atoms with Crippen LogP contribution in [0.4, 0.5) is 0 Å². The summed E-state index contributed by atoms with van der Waals surface area (Å²) in [4.78, 5) is 19.1. The van der Waals surface area contributed by atoms with Gasteiger partial charge in [-0.1, -0.05) is 12.1 Å². The molecule has 1 aliphatic rings. The van der Waals surface area contributed by atoms with Gasteiger partial charge in [-0.25, -0.2) is 0 Å². The standard InChI is InChI=1S/C18H20N2O2S/c1-23-15-4-2-3-13(9-15)10-20-11-16(17(12-20)18(21)22)14-5-7-19-8-6-14/h2-9,16-17H,10-12H2,1H3,(H,21,22)/t16-,17+/m1/s1. The van der Waals surface area contributed by atoms with Crippen molar-refractivity contribution < 1.29 is 9.90 Å². The van der Waals surface area contributed by atoms with Crippen LogP contribution in [0.5, 0.6) is 0 Å². The lowest BCUT2D eigenvalue weighted by molar-refractivity contribution is -0.141. The van der Waals surface area contributed by atoms with E-state index in [1.54, 1.807) is 24.2 Å². The molecular weight excluding hydrogens is 308 g/mol. The van der Waals surface area contributed by atoms with E-state index in [1.807, 2.05) is 12.1 Å². The van der Waals surface area contributed by atoms with Crippen LogP contribution in [-0.2, 0) is 11.3 Å². The average molecular weight is 328 g/mol. The van der Waals surface area contributed by atoms with Crippen molar-refractivity contribution in [3.63, 3.8) is 0 Å². The van der Waals surface area contributed by atoms with Gasteiger partial charge in [-0.15, -0.1) is 11.8 Å². The van der Waals surface area contributed by atoms with Crippen LogP contribution in [0, 0.1) is 5.92 Å². The summed E-state index contributed by atoms with van der Waals surface area (Å²) in [5.74, 6) is -1.05. The predicted octanol–water partition coefficient (Wildman–Crippen LogP) is 3.10. The van der Waals surface area contributed by atoms with Crippen LogP contribution in [0.2, 0.25) is 0 Å². The molecule has 1 aromatic heterocycles. The van der Waals surface area contributed by atoms with Gasteiger partial charge in [-0.05, 0) is 41.6 Å². The first-order chi connectivity index (χ1) is 11.2. The molecule has 1 saturated heterocycles. The first-order valence-corrected chi connectivity index (χ1v) is 8.88. The molecule has 5 heteroatoms. The van der Waals surface area contributed by atoms with Crippen molar-refractivity contribution >= 4 is 17.7 Å². The number of benzene rings is 1. The highest BCUT2D eigenvalue weighted by Gasteiger charge is 2.38. The highest BCUT2D eigenvalue weighted by atomic mass is 32.2. The van der Waals surface area contributed by atoms with Gasteiger partial charge in [0, 0.05) is 42.8 Å². The molecule has 2 heterocycles. The minimum atomic E-state index is -0.716. The summed E-state index contributed by atoms with van der Waals surface area (Å²) in [6, 6.07) is 12.3. The first kappa shape index (κ1) is 16.0. The molecular formula is C18H20N2O2S. The second-order valence-corrected chi connectivity index (χ2v) is 6.76. The monoisotopic (exact) mass is 328 g/mol. The zero-order chi connectivity index (χ0) is 16.2. The Morgan fingerprint density at radius 2 is 2.09 bits per heavy atom. The SMILES string of the molecule is CSc1cccc(CN2C[C@H](C(=O)O)[C@@H](c3ccncc3)C2)c1. The second kappa shape index (κ2) is 7.15. The van der Waals surface area contributed by atoms with E-state index in [0.717, 1.165) is 18.7 Å². The summed E-state index contributed by atoms with van der Waals surface area (Å²) in [7, 11) is 0. The number of pyridine rings is 1. The fraction of sp³-hybridized carbons (Fsp3) is 0.333. The van der Waals surface area contributed by atoms with Crippen LogP contribution in [0.25, 0.3) is 0 Å². The molecule has 0 aliphatic carbocycles. The molecule has 1 aliphatic heterocycles. The molecule has 2 aromatic rings. The number of rotatable bonds is 5. The maximum absolute atomic E-state index is 11.6. The number of hydrogen-bond acceptors (Lipinski definition) is 4. The summed E-state index contributed by atoms with van der Waals surface area (Å²) in [5.41, 5.74) is 2.30. The van der Waals surface area contributed by atoms with Crippen LogP contribution in [-0.4, -0.2) is 40.3 Å². The largest absolute Gasteiger partial charge is 0.481 e. The summed E-state index contributed by atoms with van der Waals surface area (Å²) in [6.45, 7) is 2.15. The number of hydrogen-bond donors (Lipinski definition) is 1. The van der Waals surface area contributed by atoms with Gasteiger partial charge >= 0.3 is 5.97 Å². The lowest BCUT2D eigenvalue weighted by atomic mass is 9.90. The van der Waals surface area contributed by atoms with Gasteiger partial charge in [0.05, 0.1) is 5.92 Å². The van der Waals surface area contributed by atoms with E-state index in [0.29, 0.717) is 6.54 Å². The van der Waals surface area contributed by atoms with E-state index in [-0.39, 0.29) is 11.8 Å². The third-order valence-electron chi connectivity index (χ3n) is 4.39. The van der Waals surface area contributed by atoms with E-state index in [1.165, 1.54) is 10.5 Å². The van der Waals surface area contributed by atoms with Gasteiger partial charge in [-0.3, -0.25) is 14.7 Å². The van der Waals surface area contributed by atoms with Crippen LogP contribution >= 0.6 is 11.8 Å². The second-order valence-electron chi connectivity index (χ2n) is 5.88. The van der Waals surface area contributed by atoms with Gasteiger partial charge < -0.3 is 5.11 Å². The minimum absolute atomic E-state index is 0.0271. The minimum Gasteiger partial charge on any atom is -0.481 e. The number of likely N-dealkylation sites (tertiary alicyclic amines) is 1. The number of aromatic nitrogens is 1. The number of aliphatic carboxylic acids is 1. The maximum Gasteiger partial charge on any atom is 0.308 e. The van der Waals surface area contributed by atoms with Crippen molar-refractivity contribution in [1.82, 2.24) is 9.88 Å². The molecule has 120 valence electrons. The number of nitrogens with zero attached hydrogens (tertiary/aromatic N) is 2. The van der Waals surface area contributed by atoms with Gasteiger partial charge in [-0.2, -0.15) is 0 Å². The lowest BCUT2D eigenvalue weighted by Crippen LogP contribution is -2.23. The normalized spacial score (nSPS) is 21.4. The summed E-state index contributed by atoms with van der Waals surface area (Å²) in [6.07, 6.45) is 5.53. The third kappa shape index (κ3) is 3.74. The molecule has 0 unspecified atom stereocenters. The van der Waals surface area contributed by atoms with Crippen molar-refractivity contribution in [3.8, 4) is 0 Å². The lowest BCUT2D eigenvalue weighted by Gasteiger charge is -2.16. The molecule has 23 heavy (non-hydrogen) atoms. The fourth-order valence-corrected chi connectivity index (χ4v) is 3.73. The van der Waals surface area contributed by atoms with E-state index in [9.17, 15) is 9.90 Å². The Morgan fingerprint density at radius 3 is 2.78 bits per heavy atom. The Morgan fingerprint density at radius 1 is 1.30 bits per heavy atom. The smallest absolute Gasteiger partial charge is 0.308 e. The molecule has 1 aromatic carbocycles. The third-order valence-corrected chi connectivity index (χ3v) is 5.11. The number of carboxylic acids is 1. The van der Waals surface area contributed by atoms with E-state index >= 15 is 0 Å². The van der Waals surface area contributed by atoms with Crippen molar-refractivity contribution in [3.05, 3.63) is 59.9 Å². The molecule has 4 nitrogen and oxygen atoms in total. The molecule has 0 saturated carbocycles. The highest BCUT2D eigenvalue weighted by molar-refractivity contribution is 7.98. The average Bonchev–Trinajstić information content (AvgIpc) is 3.00. The van der Waals surface area contributed by atoms with Crippen molar-refractivity contribution in [2.75, 3.05) is 19.3 Å². The van der Waals surface area contributed by atoms with E-state index in [2.05, 4.69) is 40.4 Å². The zero-order valence-electron chi connectivity index (χ0n) is 13.1. The fourth-order valence-electron chi connectivity index (χ4n) is 3.24. The van der Waals surface area contributed by atoms with Crippen LogP contribution in [0.15, 0.2) is 53.7 Å². The summed E-state index contributed by atoms with van der Waals surface area (Å²) < 4.78 is 0. The Labute approximate surface area is 140 Å². The van der Waals surface area contributed by atoms with Crippen molar-refractivity contribution in [1.29, 1.82) is 0 Å². The number of carboxylic acid groups (broad SMARTS) is 1. The summed E-state index contributed by atoms with van der Waals surface area (Å²) >= 11 is 1.72. The molecule has 0 spiro atoms. The van der Waals surface area contributed by atoms with Crippen molar-refractivity contribution in [2.45, 2.75) is 17.4 Å². The summed E-state index contributed by atoms with van der Waals surface area (Å²) in [5, 5.41) is 9.57. The van der Waals surface area contributed by atoms with Gasteiger partial charge in [0.2, 0.25) is 0 Å². The predicted molar refractivity (Wildman–Crippen MR) is 91.6 cm³/mol. The molecule has 0 radical (unpaired) electrons. The quantitative estimate of drug-likeness (QED) is 0.855. The van der Waals surface area contributed by atoms with Gasteiger partial charge in [0.25, 0.3) is 0 Å². The Bertz CT molecular complexity index is 678. The van der Waals surface area contributed by atoms with Crippen LogP contribution < -0.4 is 0 Å². The van der Waals surface area contributed by atoms with Crippen LogP contribution in [0.3, 0.4) is 0 Å². The van der Waals surface area contributed by atoms with Crippen LogP contribution in [0.1, 0.15) is 17.0 Å². The topological polar surface area (TPSA) is 53.4 Å². The van der Waals surface area contributed by atoms with E-state index < -0.39 is 5.97 Å². The molecule has 1 N–H and O–H groups in total. The van der Waals surface area contributed by atoms with Crippen molar-refractivity contribution in [2.24, 2.45) is 5.92 Å². The molecule has 1 fully saturated rings. The molecule has 3 rings (SSSR count). The molecule has 0 bridgehead atoms. The molecule has 2 atom stereocenters. The zero-order valence-corrected chi connectivity index (χ0v) is 13.9. The van der Waals surface area contributed by atoms with Gasteiger partial charge in [0.1, 0.15) is 0 Å². The molecule has 0 amide bonds. The number of carbonyl (C=O) groups is 1. The first-order valence-electron chi connectivity index (χ1n) is 7.65.